The van der Waals surface area contributed by atoms with Gasteiger partial charge in [0, 0.05) is 13.7 Å². The number of allylic oxidation sites excluding steroid dienone is 1. The molecule has 0 aromatic carbocycles. The fraction of sp³-hybridized carbons (Fsp3) is 0.882. The Hall–Kier alpha value is -0.420. The molecule has 1 aliphatic rings. The molecular formula is C17H32O4. The highest BCUT2D eigenvalue weighted by Crippen LogP contribution is 2.21. The third-order valence-corrected chi connectivity index (χ3v) is 3.95. The van der Waals surface area contributed by atoms with Crippen LogP contribution in [0.1, 0.15) is 52.4 Å². The zero-order chi connectivity index (χ0) is 15.5. The normalized spacial score (nSPS) is 30.1. The predicted octanol–water partition coefficient (Wildman–Crippen LogP) is 3.08. The summed E-state index contributed by atoms with van der Waals surface area (Å²) >= 11 is 0. The molecule has 1 fully saturated rings. The summed E-state index contributed by atoms with van der Waals surface area (Å²) in [6.07, 6.45) is 10.1. The summed E-state index contributed by atoms with van der Waals surface area (Å²) in [6, 6.07) is 0. The Bertz CT molecular complexity index is 280. The van der Waals surface area contributed by atoms with Crippen molar-refractivity contribution in [2.45, 2.75) is 76.8 Å². The van der Waals surface area contributed by atoms with Crippen LogP contribution >= 0.6 is 0 Å². The Labute approximate surface area is 129 Å². The van der Waals surface area contributed by atoms with E-state index in [4.69, 9.17) is 14.2 Å². The van der Waals surface area contributed by atoms with Crippen molar-refractivity contribution in [2.24, 2.45) is 0 Å². The van der Waals surface area contributed by atoms with E-state index in [9.17, 15) is 5.11 Å². The van der Waals surface area contributed by atoms with Crippen LogP contribution in [-0.2, 0) is 14.2 Å². The Morgan fingerprint density at radius 1 is 1.19 bits per heavy atom. The molecule has 0 amide bonds. The van der Waals surface area contributed by atoms with Gasteiger partial charge in [-0.1, -0.05) is 44.8 Å². The van der Waals surface area contributed by atoms with Gasteiger partial charge < -0.3 is 19.3 Å². The van der Waals surface area contributed by atoms with Gasteiger partial charge in [0.1, 0.15) is 24.4 Å². The minimum Gasteiger partial charge on any atom is -0.387 e. The molecule has 1 aliphatic heterocycles. The van der Waals surface area contributed by atoms with E-state index < -0.39 is 6.10 Å². The molecule has 0 spiro atoms. The second-order valence-electron chi connectivity index (χ2n) is 5.61. The number of aliphatic hydroxyl groups excluding tert-OH is 1. The van der Waals surface area contributed by atoms with E-state index in [1.54, 1.807) is 7.11 Å². The van der Waals surface area contributed by atoms with E-state index in [-0.39, 0.29) is 18.3 Å². The van der Waals surface area contributed by atoms with Crippen molar-refractivity contribution in [1.82, 2.24) is 0 Å². The van der Waals surface area contributed by atoms with E-state index in [1.165, 1.54) is 32.1 Å². The second-order valence-corrected chi connectivity index (χ2v) is 5.61. The van der Waals surface area contributed by atoms with E-state index in [0.717, 1.165) is 6.42 Å². The summed E-state index contributed by atoms with van der Waals surface area (Å²) in [5, 5.41) is 10.3. The van der Waals surface area contributed by atoms with Crippen LogP contribution in [0.5, 0.6) is 0 Å². The number of methoxy groups -OCH3 is 1. The van der Waals surface area contributed by atoms with Crippen LogP contribution in [0, 0.1) is 0 Å². The average Bonchev–Trinajstić information content (AvgIpc) is 2.49. The number of ether oxygens (including phenoxy) is 3. The molecule has 124 valence electrons. The third-order valence-electron chi connectivity index (χ3n) is 3.95. The first-order chi connectivity index (χ1) is 10.2. The van der Waals surface area contributed by atoms with Gasteiger partial charge in [0.15, 0.2) is 0 Å². The summed E-state index contributed by atoms with van der Waals surface area (Å²) in [6.45, 7) is 5.22. The molecule has 1 saturated heterocycles. The molecule has 0 aliphatic carbocycles. The molecule has 21 heavy (non-hydrogen) atoms. The maximum atomic E-state index is 10.3. The van der Waals surface area contributed by atoms with Crippen LogP contribution in [-0.4, -0.2) is 49.8 Å². The van der Waals surface area contributed by atoms with Gasteiger partial charge in [0.05, 0.1) is 6.61 Å². The van der Waals surface area contributed by atoms with E-state index in [2.05, 4.69) is 13.0 Å². The van der Waals surface area contributed by atoms with Crippen LogP contribution in [0.2, 0.25) is 0 Å². The van der Waals surface area contributed by atoms with Crippen LogP contribution in [0.3, 0.4) is 0 Å². The van der Waals surface area contributed by atoms with Gasteiger partial charge in [-0.15, -0.1) is 0 Å². The lowest BCUT2D eigenvalue weighted by atomic mass is 9.99. The van der Waals surface area contributed by atoms with Crippen LogP contribution in [0.15, 0.2) is 12.2 Å². The lowest BCUT2D eigenvalue weighted by molar-refractivity contribution is -0.197. The van der Waals surface area contributed by atoms with Crippen molar-refractivity contribution in [1.29, 1.82) is 0 Å². The smallest absolute Gasteiger partial charge is 0.114 e. The monoisotopic (exact) mass is 300 g/mol. The van der Waals surface area contributed by atoms with Crippen molar-refractivity contribution >= 4 is 0 Å². The minimum absolute atomic E-state index is 0.186. The highest BCUT2D eigenvalue weighted by atomic mass is 16.6. The van der Waals surface area contributed by atoms with Crippen molar-refractivity contribution < 1.29 is 19.3 Å². The molecule has 0 radical (unpaired) electrons. The highest BCUT2D eigenvalue weighted by Gasteiger charge is 2.39. The SMILES string of the molecule is CCCCCCC/C=C/[C@@H]1OC[C@@H](OCC)[C@@H](OC)[C@H]1O. The molecule has 0 aromatic heterocycles. The van der Waals surface area contributed by atoms with Crippen molar-refractivity contribution in [3.63, 3.8) is 0 Å². The Morgan fingerprint density at radius 2 is 1.95 bits per heavy atom. The van der Waals surface area contributed by atoms with Gasteiger partial charge in [0.2, 0.25) is 0 Å². The summed E-state index contributed by atoms with van der Waals surface area (Å²) < 4.78 is 16.6. The number of unbranched alkanes of at least 4 members (excludes halogenated alkanes) is 5. The van der Waals surface area contributed by atoms with Gasteiger partial charge in [-0.25, -0.2) is 0 Å². The van der Waals surface area contributed by atoms with Gasteiger partial charge in [-0.2, -0.15) is 0 Å². The van der Waals surface area contributed by atoms with Gasteiger partial charge in [-0.3, -0.25) is 0 Å². The molecule has 1 heterocycles. The lowest BCUT2D eigenvalue weighted by Crippen LogP contribution is -2.54. The summed E-state index contributed by atoms with van der Waals surface area (Å²) in [7, 11) is 1.61. The first-order valence-corrected chi connectivity index (χ1v) is 8.35. The molecular weight excluding hydrogens is 268 g/mol. The van der Waals surface area contributed by atoms with Crippen LogP contribution < -0.4 is 0 Å². The minimum atomic E-state index is -0.670. The van der Waals surface area contributed by atoms with Gasteiger partial charge in [0.25, 0.3) is 0 Å². The first-order valence-electron chi connectivity index (χ1n) is 8.35. The third kappa shape index (κ3) is 6.47. The largest absolute Gasteiger partial charge is 0.387 e. The quantitative estimate of drug-likeness (QED) is 0.497. The topological polar surface area (TPSA) is 47.9 Å². The maximum Gasteiger partial charge on any atom is 0.114 e. The molecule has 0 bridgehead atoms. The predicted molar refractivity (Wildman–Crippen MR) is 84.5 cm³/mol. The van der Waals surface area contributed by atoms with Gasteiger partial charge in [-0.05, 0) is 19.8 Å². The second kappa shape index (κ2) is 11.2. The summed E-state index contributed by atoms with van der Waals surface area (Å²) in [5.41, 5.74) is 0. The summed E-state index contributed by atoms with van der Waals surface area (Å²) in [4.78, 5) is 0. The van der Waals surface area contributed by atoms with Crippen molar-refractivity contribution in [3.05, 3.63) is 12.2 Å². The zero-order valence-electron chi connectivity index (χ0n) is 13.8. The number of hydrogen-bond donors (Lipinski definition) is 1. The maximum absolute atomic E-state index is 10.3. The van der Waals surface area contributed by atoms with Gasteiger partial charge >= 0.3 is 0 Å². The molecule has 0 saturated carbocycles. The molecule has 4 heteroatoms. The molecule has 4 nitrogen and oxygen atoms in total. The number of aliphatic hydroxyl groups is 1. The first kappa shape index (κ1) is 18.6. The number of rotatable bonds is 10. The highest BCUT2D eigenvalue weighted by molar-refractivity contribution is 5.00. The fourth-order valence-corrected chi connectivity index (χ4v) is 2.72. The van der Waals surface area contributed by atoms with E-state index >= 15 is 0 Å². The molecule has 1 N–H and O–H groups in total. The molecule has 4 atom stereocenters. The van der Waals surface area contributed by atoms with Crippen LogP contribution in [0.25, 0.3) is 0 Å². The van der Waals surface area contributed by atoms with E-state index in [0.29, 0.717) is 13.2 Å². The lowest BCUT2D eigenvalue weighted by Gasteiger charge is -2.38. The Balaban J connectivity index is 2.32. The standard InChI is InChI=1S/C17H32O4/c1-4-6-7-8-9-10-11-12-14-16(18)17(19-3)15(13-21-14)20-5-2/h11-12,14-18H,4-10,13H2,1-3H3/b12-11+/t14-,15+,16-,17+/m0/s1. The number of hydrogen-bond acceptors (Lipinski definition) is 4. The molecule has 1 rings (SSSR count). The molecule has 0 unspecified atom stereocenters. The zero-order valence-corrected chi connectivity index (χ0v) is 13.8. The van der Waals surface area contributed by atoms with Crippen molar-refractivity contribution in [3.8, 4) is 0 Å². The summed E-state index contributed by atoms with van der Waals surface area (Å²) in [5.74, 6) is 0. The Kier molecular flexibility index (Phi) is 9.92. The Morgan fingerprint density at radius 3 is 2.62 bits per heavy atom. The fourth-order valence-electron chi connectivity index (χ4n) is 2.72. The average molecular weight is 300 g/mol. The molecule has 0 aromatic rings. The van der Waals surface area contributed by atoms with Crippen LogP contribution in [0.4, 0.5) is 0 Å². The van der Waals surface area contributed by atoms with Crippen molar-refractivity contribution in [2.75, 3.05) is 20.3 Å². The van der Waals surface area contributed by atoms with E-state index in [1.807, 2.05) is 13.0 Å².